The van der Waals surface area contributed by atoms with Crippen molar-refractivity contribution in [3.63, 3.8) is 0 Å². The summed E-state index contributed by atoms with van der Waals surface area (Å²) in [5.74, 6) is 0. The molecule has 1 aromatic carbocycles. The number of hydrogen-bond donors (Lipinski definition) is 1. The molecule has 2 nitrogen and oxygen atoms in total. The van der Waals surface area contributed by atoms with Gasteiger partial charge in [0.15, 0.2) is 0 Å². The molecule has 0 aliphatic carbocycles. The van der Waals surface area contributed by atoms with E-state index in [1.807, 2.05) is 6.92 Å². The molecule has 0 aromatic heterocycles. The highest BCUT2D eigenvalue weighted by molar-refractivity contribution is 7.85. The molecule has 0 saturated carbocycles. The number of benzene rings is 1. The van der Waals surface area contributed by atoms with Crippen molar-refractivity contribution in [2.75, 3.05) is 6.54 Å². The minimum atomic E-state index is -1.05. The zero-order valence-electron chi connectivity index (χ0n) is 7.37. The Hall–Kier alpha value is -0.380. The van der Waals surface area contributed by atoms with E-state index in [0.29, 0.717) is 11.6 Å². The molecule has 1 aromatic rings. The lowest BCUT2D eigenvalue weighted by Crippen LogP contribution is -2.21. The molecule has 0 amide bonds. The van der Waals surface area contributed by atoms with Crippen molar-refractivity contribution in [1.82, 2.24) is 0 Å². The number of hydrogen-bond acceptors (Lipinski definition) is 2. The van der Waals surface area contributed by atoms with E-state index in [1.54, 1.807) is 24.3 Å². The first kappa shape index (κ1) is 10.7. The van der Waals surface area contributed by atoms with Gasteiger partial charge in [0.05, 0.1) is 10.8 Å². The van der Waals surface area contributed by atoms with Gasteiger partial charge in [-0.05, 0) is 25.1 Å². The lowest BCUT2D eigenvalue weighted by molar-refractivity contribution is 0.673. The molecule has 0 spiro atoms. The first-order valence-corrected chi connectivity index (χ1v) is 5.60. The van der Waals surface area contributed by atoms with Crippen LogP contribution in [0.2, 0.25) is 5.02 Å². The number of halogens is 1. The van der Waals surface area contributed by atoms with Crippen LogP contribution in [-0.4, -0.2) is 16.0 Å². The van der Waals surface area contributed by atoms with Crippen molar-refractivity contribution >= 4 is 22.4 Å². The van der Waals surface area contributed by atoms with Crippen LogP contribution in [0.3, 0.4) is 0 Å². The maximum atomic E-state index is 11.7. The van der Waals surface area contributed by atoms with E-state index in [4.69, 9.17) is 17.3 Å². The third-order valence-corrected chi connectivity index (χ3v) is 3.60. The summed E-state index contributed by atoms with van der Waals surface area (Å²) in [4.78, 5) is 0.741. The van der Waals surface area contributed by atoms with Crippen LogP contribution >= 0.6 is 11.6 Å². The number of nitrogens with two attached hydrogens (primary N) is 1. The fourth-order valence-electron chi connectivity index (χ4n) is 0.912. The smallest absolute Gasteiger partial charge is 0.0571 e. The van der Waals surface area contributed by atoms with Crippen molar-refractivity contribution < 1.29 is 4.21 Å². The van der Waals surface area contributed by atoms with Gasteiger partial charge in [-0.25, -0.2) is 0 Å². The Morgan fingerprint density at radius 1 is 1.62 bits per heavy atom. The molecular formula is C9H12ClNOS. The summed E-state index contributed by atoms with van der Waals surface area (Å²) in [6, 6.07) is 7.06. The fourth-order valence-corrected chi connectivity index (χ4v) is 2.26. The lowest BCUT2D eigenvalue weighted by Gasteiger charge is -2.08. The van der Waals surface area contributed by atoms with Crippen molar-refractivity contribution in [2.45, 2.75) is 17.1 Å². The minimum Gasteiger partial charge on any atom is -0.329 e. The van der Waals surface area contributed by atoms with Gasteiger partial charge in [-0.1, -0.05) is 17.7 Å². The average molecular weight is 218 g/mol. The standard InChI is InChI=1S/C9H12ClNOS/c1-7(6-11)13(12)9-4-2-3-8(10)5-9/h2-5,7H,6,11H2,1H3. The molecule has 0 saturated heterocycles. The Morgan fingerprint density at radius 2 is 2.31 bits per heavy atom. The van der Waals surface area contributed by atoms with Gasteiger partial charge in [-0.2, -0.15) is 0 Å². The normalized spacial score (nSPS) is 15.3. The summed E-state index contributed by atoms with van der Waals surface area (Å²) < 4.78 is 11.7. The van der Waals surface area contributed by atoms with Crippen molar-refractivity contribution in [3.8, 4) is 0 Å². The zero-order valence-corrected chi connectivity index (χ0v) is 8.94. The fraction of sp³-hybridized carbons (Fsp3) is 0.333. The van der Waals surface area contributed by atoms with E-state index in [2.05, 4.69) is 0 Å². The highest BCUT2D eigenvalue weighted by Gasteiger charge is 2.11. The summed E-state index contributed by atoms with van der Waals surface area (Å²) in [7, 11) is -1.05. The van der Waals surface area contributed by atoms with Gasteiger partial charge >= 0.3 is 0 Å². The predicted octanol–water partition coefficient (Wildman–Crippen LogP) is 1.79. The van der Waals surface area contributed by atoms with Crippen LogP contribution in [0.4, 0.5) is 0 Å². The molecule has 4 heteroatoms. The molecular weight excluding hydrogens is 206 g/mol. The summed E-state index contributed by atoms with van der Waals surface area (Å²) >= 11 is 5.77. The van der Waals surface area contributed by atoms with Gasteiger partial charge in [0.2, 0.25) is 0 Å². The summed E-state index contributed by atoms with van der Waals surface area (Å²) in [6.45, 7) is 2.27. The van der Waals surface area contributed by atoms with Crippen molar-refractivity contribution in [3.05, 3.63) is 29.3 Å². The first-order valence-electron chi connectivity index (χ1n) is 4.01. The van der Waals surface area contributed by atoms with Gasteiger partial charge in [0, 0.05) is 21.7 Å². The Balaban J connectivity index is 2.89. The largest absolute Gasteiger partial charge is 0.329 e. The Labute approximate surface area is 85.5 Å². The second-order valence-electron chi connectivity index (χ2n) is 2.80. The molecule has 72 valence electrons. The first-order chi connectivity index (χ1) is 6.15. The third kappa shape index (κ3) is 2.79. The molecule has 0 aliphatic heterocycles. The zero-order chi connectivity index (χ0) is 9.84. The molecule has 2 unspecified atom stereocenters. The van der Waals surface area contributed by atoms with Crippen LogP contribution < -0.4 is 5.73 Å². The molecule has 1 rings (SSSR count). The van der Waals surface area contributed by atoms with E-state index < -0.39 is 10.8 Å². The Bertz CT molecular complexity index is 316. The highest BCUT2D eigenvalue weighted by atomic mass is 35.5. The van der Waals surface area contributed by atoms with Gasteiger partial charge in [0.1, 0.15) is 0 Å². The predicted molar refractivity (Wildman–Crippen MR) is 56.4 cm³/mol. The van der Waals surface area contributed by atoms with Gasteiger partial charge in [0.25, 0.3) is 0 Å². The van der Waals surface area contributed by atoms with E-state index in [1.165, 1.54) is 0 Å². The highest BCUT2D eigenvalue weighted by Crippen LogP contribution is 2.16. The minimum absolute atomic E-state index is 0.0292. The maximum Gasteiger partial charge on any atom is 0.0571 e. The van der Waals surface area contributed by atoms with Gasteiger partial charge < -0.3 is 5.73 Å². The third-order valence-electron chi connectivity index (χ3n) is 1.73. The van der Waals surface area contributed by atoms with Crippen LogP contribution in [0, 0.1) is 0 Å². The second kappa shape index (κ2) is 4.74. The SMILES string of the molecule is CC(CN)S(=O)c1cccc(Cl)c1. The molecule has 0 fully saturated rings. The lowest BCUT2D eigenvalue weighted by atomic mass is 10.4. The van der Waals surface area contributed by atoms with Crippen LogP contribution in [0.15, 0.2) is 29.2 Å². The van der Waals surface area contributed by atoms with Crippen LogP contribution in [0.25, 0.3) is 0 Å². The number of rotatable bonds is 3. The van der Waals surface area contributed by atoms with Crippen molar-refractivity contribution in [2.24, 2.45) is 5.73 Å². The van der Waals surface area contributed by atoms with Crippen LogP contribution in [0.1, 0.15) is 6.92 Å². The van der Waals surface area contributed by atoms with Crippen LogP contribution in [-0.2, 0) is 10.8 Å². The summed E-state index contributed by atoms with van der Waals surface area (Å²) in [5, 5.41) is 0.577. The maximum absolute atomic E-state index is 11.7. The Morgan fingerprint density at radius 3 is 2.85 bits per heavy atom. The van der Waals surface area contributed by atoms with E-state index in [0.717, 1.165) is 4.90 Å². The molecule has 0 bridgehead atoms. The van der Waals surface area contributed by atoms with Crippen LogP contribution in [0.5, 0.6) is 0 Å². The second-order valence-corrected chi connectivity index (χ2v) is 5.11. The molecule has 13 heavy (non-hydrogen) atoms. The van der Waals surface area contributed by atoms with E-state index >= 15 is 0 Å². The molecule has 0 heterocycles. The average Bonchev–Trinajstić information content (AvgIpc) is 2.15. The Kier molecular flexibility index (Phi) is 3.90. The van der Waals surface area contributed by atoms with E-state index in [-0.39, 0.29) is 5.25 Å². The topological polar surface area (TPSA) is 43.1 Å². The molecule has 0 aliphatic rings. The van der Waals surface area contributed by atoms with Gasteiger partial charge in [-0.15, -0.1) is 0 Å². The molecule has 2 N–H and O–H groups in total. The summed E-state index contributed by atoms with van der Waals surface area (Å²) in [6.07, 6.45) is 0. The summed E-state index contributed by atoms with van der Waals surface area (Å²) in [5.41, 5.74) is 5.42. The van der Waals surface area contributed by atoms with Gasteiger partial charge in [-0.3, -0.25) is 4.21 Å². The van der Waals surface area contributed by atoms with E-state index in [9.17, 15) is 4.21 Å². The monoisotopic (exact) mass is 217 g/mol. The molecule has 0 radical (unpaired) electrons. The molecule has 2 atom stereocenters. The quantitative estimate of drug-likeness (QED) is 0.839. The van der Waals surface area contributed by atoms with Crippen molar-refractivity contribution in [1.29, 1.82) is 0 Å².